The van der Waals surface area contributed by atoms with E-state index in [4.69, 9.17) is 11.6 Å². The van der Waals surface area contributed by atoms with Crippen LogP contribution in [0.1, 0.15) is 5.56 Å². The number of thiophene rings is 1. The second-order valence-corrected chi connectivity index (χ2v) is 9.64. The number of hydrogen-bond donors (Lipinski definition) is 2. The molecule has 0 aliphatic carbocycles. The molecule has 2 heterocycles. The van der Waals surface area contributed by atoms with Gasteiger partial charge < -0.3 is 5.32 Å². The van der Waals surface area contributed by atoms with Crippen molar-refractivity contribution in [1.82, 2.24) is 9.97 Å². The zero-order chi connectivity index (χ0) is 19.7. The van der Waals surface area contributed by atoms with E-state index >= 15 is 0 Å². The molecule has 4 aromatic rings. The van der Waals surface area contributed by atoms with Crippen LogP contribution < -0.4 is 10.0 Å². The molecule has 0 aliphatic rings. The van der Waals surface area contributed by atoms with Gasteiger partial charge in [-0.05, 0) is 42.8 Å². The first-order valence-corrected chi connectivity index (χ1v) is 11.0. The highest BCUT2D eigenvalue weighted by Gasteiger charge is 2.21. The van der Waals surface area contributed by atoms with Crippen LogP contribution in [-0.4, -0.2) is 18.4 Å². The molecule has 4 rings (SSSR count). The number of benzene rings is 2. The zero-order valence-corrected chi connectivity index (χ0v) is 17.1. The molecule has 0 saturated carbocycles. The molecular weight excluding hydrogens is 416 g/mol. The molecule has 142 valence electrons. The lowest BCUT2D eigenvalue weighted by atomic mass is 10.2. The van der Waals surface area contributed by atoms with Crippen LogP contribution in [0.15, 0.2) is 64.9 Å². The van der Waals surface area contributed by atoms with E-state index in [1.54, 1.807) is 12.1 Å². The Morgan fingerprint density at radius 2 is 1.54 bits per heavy atom. The standard InChI is InChI=1S/C19H15ClN4O2S2/c1-12-6-2-3-7-13(12)21-18-19(23-15-9-5-4-8-14(15)22-18)24-28(25,26)17-11-10-16(20)27-17/h2-11H,1H3,(H,21,22)(H,23,24). The van der Waals surface area contributed by atoms with Crippen LogP contribution in [0.5, 0.6) is 0 Å². The van der Waals surface area contributed by atoms with E-state index < -0.39 is 10.0 Å². The highest BCUT2D eigenvalue weighted by molar-refractivity contribution is 7.94. The van der Waals surface area contributed by atoms with Crippen LogP contribution in [0.25, 0.3) is 11.0 Å². The van der Waals surface area contributed by atoms with Crippen molar-refractivity contribution < 1.29 is 8.42 Å². The Kier molecular flexibility index (Phi) is 4.92. The Hall–Kier alpha value is -2.68. The fourth-order valence-corrected chi connectivity index (χ4v) is 5.11. The average molecular weight is 431 g/mol. The van der Waals surface area contributed by atoms with Gasteiger partial charge in [-0.25, -0.2) is 18.4 Å². The lowest BCUT2D eigenvalue weighted by Crippen LogP contribution is -2.15. The maximum atomic E-state index is 12.8. The minimum absolute atomic E-state index is 0.106. The van der Waals surface area contributed by atoms with Crippen LogP contribution in [0.4, 0.5) is 17.3 Å². The summed E-state index contributed by atoms with van der Waals surface area (Å²) in [6.45, 7) is 1.95. The fourth-order valence-electron chi connectivity index (χ4n) is 2.62. The summed E-state index contributed by atoms with van der Waals surface area (Å²) in [6, 6.07) is 17.9. The summed E-state index contributed by atoms with van der Waals surface area (Å²) in [6.07, 6.45) is 0. The third-order valence-electron chi connectivity index (χ3n) is 4.01. The van der Waals surface area contributed by atoms with Crippen LogP contribution in [0.2, 0.25) is 4.34 Å². The monoisotopic (exact) mass is 430 g/mol. The van der Waals surface area contributed by atoms with E-state index in [0.717, 1.165) is 22.6 Å². The molecule has 6 nitrogen and oxygen atoms in total. The van der Waals surface area contributed by atoms with E-state index in [2.05, 4.69) is 20.0 Å². The summed E-state index contributed by atoms with van der Waals surface area (Å²) in [5.74, 6) is 0.436. The molecule has 0 saturated heterocycles. The molecule has 2 aromatic carbocycles. The van der Waals surface area contributed by atoms with Gasteiger partial charge in [0.25, 0.3) is 10.0 Å². The van der Waals surface area contributed by atoms with Gasteiger partial charge in [-0.15, -0.1) is 11.3 Å². The highest BCUT2D eigenvalue weighted by atomic mass is 35.5. The number of nitrogens with zero attached hydrogens (tertiary/aromatic N) is 2. The predicted octanol–water partition coefficient (Wildman–Crippen LogP) is 5.20. The molecule has 0 spiro atoms. The van der Waals surface area contributed by atoms with Crippen molar-refractivity contribution in [3.63, 3.8) is 0 Å². The smallest absolute Gasteiger partial charge is 0.272 e. The second-order valence-electron chi connectivity index (χ2n) is 6.01. The number of rotatable bonds is 5. The minimum Gasteiger partial charge on any atom is -0.337 e. The normalized spacial score (nSPS) is 11.5. The first kappa shape index (κ1) is 18.7. The lowest BCUT2D eigenvalue weighted by molar-refractivity contribution is 0.603. The van der Waals surface area contributed by atoms with Gasteiger partial charge in [-0.2, -0.15) is 0 Å². The largest absolute Gasteiger partial charge is 0.337 e. The van der Waals surface area contributed by atoms with E-state index in [-0.39, 0.29) is 10.0 Å². The Morgan fingerprint density at radius 3 is 2.18 bits per heavy atom. The van der Waals surface area contributed by atoms with E-state index in [0.29, 0.717) is 21.2 Å². The number of aryl methyl sites for hydroxylation is 1. The molecule has 0 amide bonds. The van der Waals surface area contributed by atoms with Crippen molar-refractivity contribution in [3.05, 3.63) is 70.6 Å². The van der Waals surface area contributed by atoms with E-state index in [1.165, 1.54) is 6.07 Å². The second kappa shape index (κ2) is 7.38. The van der Waals surface area contributed by atoms with E-state index in [9.17, 15) is 8.42 Å². The van der Waals surface area contributed by atoms with Gasteiger partial charge in [0.15, 0.2) is 11.6 Å². The van der Waals surface area contributed by atoms with Crippen molar-refractivity contribution in [2.45, 2.75) is 11.1 Å². The number of hydrogen-bond acceptors (Lipinski definition) is 6. The number of aromatic nitrogens is 2. The molecule has 0 bridgehead atoms. The topological polar surface area (TPSA) is 84.0 Å². The number of halogens is 1. The molecule has 9 heteroatoms. The Morgan fingerprint density at radius 1 is 0.893 bits per heavy atom. The summed E-state index contributed by atoms with van der Waals surface area (Å²) < 4.78 is 28.6. The highest BCUT2D eigenvalue weighted by Crippen LogP contribution is 2.31. The number of anilines is 3. The third-order valence-corrected chi connectivity index (χ3v) is 7.08. The maximum Gasteiger partial charge on any atom is 0.272 e. The quantitative estimate of drug-likeness (QED) is 0.454. The minimum atomic E-state index is -3.84. The molecule has 0 radical (unpaired) electrons. The van der Waals surface area contributed by atoms with Gasteiger partial charge in [0, 0.05) is 5.69 Å². The number of sulfonamides is 1. The fraction of sp³-hybridized carbons (Fsp3) is 0.0526. The molecular formula is C19H15ClN4O2S2. The number of fused-ring (bicyclic) bond motifs is 1. The van der Waals surface area contributed by atoms with E-state index in [1.807, 2.05) is 49.4 Å². The molecule has 28 heavy (non-hydrogen) atoms. The zero-order valence-electron chi connectivity index (χ0n) is 14.7. The van der Waals surface area contributed by atoms with Gasteiger partial charge in [0.2, 0.25) is 0 Å². The summed E-state index contributed by atoms with van der Waals surface area (Å²) in [7, 11) is -3.84. The van der Waals surface area contributed by atoms with Crippen molar-refractivity contribution >= 4 is 61.3 Å². The average Bonchev–Trinajstić information content (AvgIpc) is 3.11. The Bertz CT molecular complexity index is 1270. The lowest BCUT2D eigenvalue weighted by Gasteiger charge is -2.14. The van der Waals surface area contributed by atoms with Crippen LogP contribution in [0, 0.1) is 6.92 Å². The number of nitrogens with one attached hydrogen (secondary N) is 2. The summed E-state index contributed by atoms with van der Waals surface area (Å²) in [4.78, 5) is 9.05. The Balaban J connectivity index is 1.80. The Labute approximate surface area is 171 Å². The van der Waals surface area contributed by atoms with Crippen molar-refractivity contribution in [2.24, 2.45) is 0 Å². The third kappa shape index (κ3) is 3.80. The number of para-hydroxylation sites is 3. The first-order valence-electron chi connectivity index (χ1n) is 8.30. The summed E-state index contributed by atoms with van der Waals surface area (Å²) in [5, 5.41) is 3.19. The van der Waals surface area contributed by atoms with Gasteiger partial charge in [0.05, 0.1) is 15.4 Å². The van der Waals surface area contributed by atoms with Gasteiger partial charge in [-0.3, -0.25) is 4.72 Å². The molecule has 2 N–H and O–H groups in total. The van der Waals surface area contributed by atoms with Crippen LogP contribution in [0.3, 0.4) is 0 Å². The molecule has 0 aliphatic heterocycles. The van der Waals surface area contributed by atoms with Crippen molar-refractivity contribution in [3.8, 4) is 0 Å². The summed E-state index contributed by atoms with van der Waals surface area (Å²) in [5.41, 5.74) is 3.04. The summed E-state index contributed by atoms with van der Waals surface area (Å²) >= 11 is 6.87. The molecule has 2 aromatic heterocycles. The van der Waals surface area contributed by atoms with Crippen LogP contribution in [-0.2, 0) is 10.0 Å². The van der Waals surface area contributed by atoms with Gasteiger partial charge in [0.1, 0.15) is 4.21 Å². The first-order chi connectivity index (χ1) is 13.4. The SMILES string of the molecule is Cc1ccccc1Nc1nc2ccccc2nc1NS(=O)(=O)c1ccc(Cl)s1. The maximum absolute atomic E-state index is 12.8. The van der Waals surface area contributed by atoms with Gasteiger partial charge >= 0.3 is 0 Å². The van der Waals surface area contributed by atoms with Crippen molar-refractivity contribution in [1.29, 1.82) is 0 Å². The van der Waals surface area contributed by atoms with Crippen molar-refractivity contribution in [2.75, 3.05) is 10.0 Å². The van der Waals surface area contributed by atoms with Gasteiger partial charge in [-0.1, -0.05) is 41.9 Å². The molecule has 0 atom stereocenters. The molecule has 0 fully saturated rings. The predicted molar refractivity (Wildman–Crippen MR) is 114 cm³/mol. The molecule has 0 unspecified atom stereocenters. The van der Waals surface area contributed by atoms with Crippen LogP contribution >= 0.6 is 22.9 Å².